The predicted octanol–water partition coefficient (Wildman–Crippen LogP) is 0.776. The lowest BCUT2D eigenvalue weighted by molar-refractivity contribution is -0.150. The summed E-state index contributed by atoms with van der Waals surface area (Å²) in [5.74, 6) is -0.131. The maximum atomic E-state index is 12.2. The summed E-state index contributed by atoms with van der Waals surface area (Å²) in [4.78, 5) is 25.9. The van der Waals surface area contributed by atoms with Gasteiger partial charge in [-0.25, -0.2) is 0 Å². The van der Waals surface area contributed by atoms with E-state index in [9.17, 15) is 9.59 Å². The summed E-state index contributed by atoms with van der Waals surface area (Å²) >= 11 is 0. The topological polar surface area (TPSA) is 67.2 Å². The second-order valence-corrected chi connectivity index (χ2v) is 6.21. The van der Waals surface area contributed by atoms with Gasteiger partial charge in [0.15, 0.2) is 0 Å². The van der Waals surface area contributed by atoms with Crippen LogP contribution in [0.25, 0.3) is 0 Å². The first-order valence-electron chi connectivity index (χ1n) is 6.91. The molecule has 0 bridgehead atoms. The summed E-state index contributed by atoms with van der Waals surface area (Å²) in [6.45, 7) is 9.21. The van der Waals surface area contributed by atoms with Crippen molar-refractivity contribution in [2.75, 3.05) is 6.54 Å². The third-order valence-electron chi connectivity index (χ3n) is 3.48. The quantitative estimate of drug-likeness (QED) is 0.888. The van der Waals surface area contributed by atoms with E-state index in [1.165, 1.54) is 0 Å². The monoisotopic (exact) mass is 278 g/mol. The Kier molecular flexibility index (Phi) is 3.83. The fourth-order valence-electron chi connectivity index (χ4n) is 2.54. The van der Waals surface area contributed by atoms with E-state index in [-0.39, 0.29) is 23.8 Å². The number of nitrogens with zero attached hydrogens (tertiary/aromatic N) is 3. The van der Waals surface area contributed by atoms with Gasteiger partial charge in [0.25, 0.3) is 0 Å². The number of rotatable bonds is 3. The highest BCUT2D eigenvalue weighted by atomic mass is 16.2. The lowest BCUT2D eigenvalue weighted by Crippen LogP contribution is -2.62. The molecule has 2 heterocycles. The van der Waals surface area contributed by atoms with Gasteiger partial charge >= 0.3 is 0 Å². The molecule has 0 aliphatic carbocycles. The molecule has 1 unspecified atom stereocenters. The highest BCUT2D eigenvalue weighted by Gasteiger charge is 2.42. The zero-order chi connectivity index (χ0) is 14.9. The van der Waals surface area contributed by atoms with Gasteiger partial charge in [0.1, 0.15) is 6.04 Å². The normalized spacial score (nSPS) is 20.2. The zero-order valence-electron chi connectivity index (χ0n) is 12.5. The number of hydrogen-bond acceptors (Lipinski definition) is 3. The van der Waals surface area contributed by atoms with E-state index in [1.54, 1.807) is 11.1 Å². The van der Waals surface area contributed by atoms with Crippen molar-refractivity contribution >= 4 is 11.8 Å². The summed E-state index contributed by atoms with van der Waals surface area (Å²) in [7, 11) is 0. The molecule has 110 valence electrons. The van der Waals surface area contributed by atoms with Crippen LogP contribution in [0.2, 0.25) is 0 Å². The third-order valence-corrected chi connectivity index (χ3v) is 3.48. The Labute approximate surface area is 119 Å². The van der Waals surface area contributed by atoms with Gasteiger partial charge in [-0.15, -0.1) is 0 Å². The van der Waals surface area contributed by atoms with Crippen LogP contribution in [-0.4, -0.2) is 39.1 Å². The zero-order valence-corrected chi connectivity index (χ0v) is 12.5. The number of carbonyl (C=O) groups is 2. The molecule has 0 aromatic carbocycles. The molecule has 2 amide bonds. The molecular formula is C14H22N4O2. The average Bonchev–Trinajstić information content (AvgIpc) is 2.80. The van der Waals surface area contributed by atoms with E-state index in [2.05, 4.69) is 10.4 Å². The van der Waals surface area contributed by atoms with Crippen molar-refractivity contribution in [2.24, 2.45) is 5.41 Å². The van der Waals surface area contributed by atoms with Crippen LogP contribution in [0.5, 0.6) is 0 Å². The molecule has 6 heteroatoms. The standard InChI is InChI=1S/C14H22N4O2/c1-5-17-8-10(6-16-17)9-18-11(19)7-15-13(20)12(18)14(2,3)4/h6,8,12H,5,7,9H2,1-4H3,(H,15,20). The van der Waals surface area contributed by atoms with Gasteiger partial charge in [0.2, 0.25) is 11.8 Å². The van der Waals surface area contributed by atoms with Crippen LogP contribution >= 0.6 is 0 Å². The van der Waals surface area contributed by atoms with Gasteiger partial charge in [-0.3, -0.25) is 14.3 Å². The Morgan fingerprint density at radius 3 is 2.65 bits per heavy atom. The highest BCUT2D eigenvalue weighted by Crippen LogP contribution is 2.27. The Hall–Kier alpha value is -1.85. The molecule has 0 spiro atoms. The Bertz CT molecular complexity index is 515. The number of nitrogens with one attached hydrogen (secondary N) is 1. The van der Waals surface area contributed by atoms with Crippen molar-refractivity contribution in [3.8, 4) is 0 Å². The van der Waals surface area contributed by atoms with Crippen molar-refractivity contribution in [2.45, 2.75) is 46.8 Å². The smallest absolute Gasteiger partial charge is 0.243 e. The second kappa shape index (κ2) is 5.26. The summed E-state index contributed by atoms with van der Waals surface area (Å²) in [5, 5.41) is 6.88. The van der Waals surface area contributed by atoms with Crippen molar-refractivity contribution in [3.63, 3.8) is 0 Å². The summed E-state index contributed by atoms with van der Waals surface area (Å²) in [6.07, 6.45) is 3.67. The Balaban J connectivity index is 2.24. The minimum absolute atomic E-state index is 0.0474. The number of aromatic nitrogens is 2. The molecule has 20 heavy (non-hydrogen) atoms. The molecule has 1 aromatic rings. The molecule has 1 N–H and O–H groups in total. The van der Waals surface area contributed by atoms with Gasteiger partial charge in [0.05, 0.1) is 12.7 Å². The van der Waals surface area contributed by atoms with Crippen molar-refractivity contribution < 1.29 is 9.59 Å². The molecule has 1 atom stereocenters. The first kappa shape index (κ1) is 14.6. The van der Waals surface area contributed by atoms with E-state index < -0.39 is 6.04 Å². The number of aryl methyl sites for hydroxylation is 1. The average molecular weight is 278 g/mol. The predicted molar refractivity (Wildman–Crippen MR) is 74.7 cm³/mol. The number of amides is 2. The van der Waals surface area contributed by atoms with Crippen LogP contribution in [-0.2, 0) is 22.7 Å². The third kappa shape index (κ3) is 2.84. The maximum Gasteiger partial charge on any atom is 0.243 e. The Morgan fingerprint density at radius 1 is 1.40 bits per heavy atom. The number of piperazine rings is 1. The minimum Gasteiger partial charge on any atom is -0.345 e. The van der Waals surface area contributed by atoms with Gasteiger partial charge in [-0.2, -0.15) is 5.10 Å². The summed E-state index contributed by atoms with van der Waals surface area (Å²) in [6, 6.07) is -0.450. The molecule has 1 aliphatic heterocycles. The lowest BCUT2D eigenvalue weighted by Gasteiger charge is -2.41. The van der Waals surface area contributed by atoms with Gasteiger partial charge < -0.3 is 10.2 Å². The summed E-state index contributed by atoms with van der Waals surface area (Å²) in [5.41, 5.74) is 0.644. The highest BCUT2D eigenvalue weighted by molar-refractivity contribution is 5.95. The van der Waals surface area contributed by atoms with E-state index in [1.807, 2.05) is 38.6 Å². The van der Waals surface area contributed by atoms with Gasteiger partial charge in [0, 0.05) is 24.8 Å². The SMILES string of the molecule is CCn1cc(CN2C(=O)CNC(=O)C2C(C)(C)C)cn1. The molecule has 2 rings (SSSR count). The van der Waals surface area contributed by atoms with Gasteiger partial charge in [-0.1, -0.05) is 20.8 Å². The first-order valence-corrected chi connectivity index (χ1v) is 6.91. The number of hydrogen-bond donors (Lipinski definition) is 1. The number of carbonyl (C=O) groups excluding carboxylic acids is 2. The molecule has 1 aromatic heterocycles. The molecule has 0 radical (unpaired) electrons. The van der Waals surface area contributed by atoms with Gasteiger partial charge in [-0.05, 0) is 12.3 Å². The molecule has 1 saturated heterocycles. The van der Waals surface area contributed by atoms with E-state index in [4.69, 9.17) is 0 Å². The second-order valence-electron chi connectivity index (χ2n) is 6.21. The molecule has 1 aliphatic rings. The van der Waals surface area contributed by atoms with Crippen molar-refractivity contribution in [1.29, 1.82) is 0 Å². The summed E-state index contributed by atoms with van der Waals surface area (Å²) < 4.78 is 1.82. The van der Waals surface area contributed by atoms with E-state index in [0.717, 1.165) is 12.1 Å². The largest absolute Gasteiger partial charge is 0.345 e. The van der Waals surface area contributed by atoms with E-state index in [0.29, 0.717) is 6.54 Å². The van der Waals surface area contributed by atoms with Crippen LogP contribution in [0.3, 0.4) is 0 Å². The minimum atomic E-state index is -0.450. The fraction of sp³-hybridized carbons (Fsp3) is 0.643. The Morgan fingerprint density at radius 2 is 2.10 bits per heavy atom. The van der Waals surface area contributed by atoms with E-state index >= 15 is 0 Å². The van der Waals surface area contributed by atoms with Crippen LogP contribution in [0.1, 0.15) is 33.3 Å². The fourth-order valence-corrected chi connectivity index (χ4v) is 2.54. The van der Waals surface area contributed by atoms with Crippen LogP contribution < -0.4 is 5.32 Å². The maximum absolute atomic E-state index is 12.2. The molecular weight excluding hydrogens is 256 g/mol. The lowest BCUT2D eigenvalue weighted by atomic mass is 9.83. The van der Waals surface area contributed by atoms with Crippen LogP contribution in [0.15, 0.2) is 12.4 Å². The molecule has 6 nitrogen and oxygen atoms in total. The van der Waals surface area contributed by atoms with Crippen molar-refractivity contribution in [3.05, 3.63) is 18.0 Å². The van der Waals surface area contributed by atoms with Crippen LogP contribution in [0.4, 0.5) is 0 Å². The van der Waals surface area contributed by atoms with Crippen LogP contribution in [0, 0.1) is 5.41 Å². The molecule has 0 saturated carbocycles. The first-order chi connectivity index (χ1) is 9.32. The van der Waals surface area contributed by atoms with Crippen molar-refractivity contribution in [1.82, 2.24) is 20.0 Å². The molecule has 1 fully saturated rings.